The van der Waals surface area contributed by atoms with Crippen LogP contribution in [-0.2, 0) is 11.8 Å². The monoisotopic (exact) mass is 493 g/mol. The van der Waals surface area contributed by atoms with Crippen LogP contribution in [0.25, 0.3) is 17.3 Å². The van der Waals surface area contributed by atoms with Gasteiger partial charge in [0.15, 0.2) is 5.22 Å². The maximum absolute atomic E-state index is 11.4. The Morgan fingerprint density at radius 3 is 2.90 bits per heavy atom. The van der Waals surface area contributed by atoms with Crippen molar-refractivity contribution in [2.24, 2.45) is 7.05 Å². The molecule has 0 unspecified atom stereocenters. The topological polar surface area (TPSA) is 71.5 Å². The summed E-state index contributed by atoms with van der Waals surface area (Å²) < 4.78 is 8.24. The number of benzene rings is 1. The molecule has 0 aliphatic carbocycles. The first-order valence-corrected chi connectivity index (χ1v) is 10.8. The molecule has 29 heavy (non-hydrogen) atoms. The van der Waals surface area contributed by atoms with Crippen molar-refractivity contribution in [2.45, 2.75) is 18.2 Å². The highest BCUT2D eigenvalue weighted by Gasteiger charge is 2.27. The van der Waals surface area contributed by atoms with Crippen LogP contribution in [-0.4, -0.2) is 27.2 Å². The zero-order valence-corrected chi connectivity index (χ0v) is 18.8. The van der Waals surface area contributed by atoms with Crippen LogP contribution in [0.15, 0.2) is 54.7 Å². The van der Waals surface area contributed by atoms with E-state index in [2.05, 4.69) is 27.8 Å². The number of allylic oxidation sites excluding steroid dienone is 2. The summed E-state index contributed by atoms with van der Waals surface area (Å²) in [6, 6.07) is 7.58. The van der Waals surface area contributed by atoms with Crippen LogP contribution in [0.1, 0.15) is 19.2 Å². The van der Waals surface area contributed by atoms with Gasteiger partial charge < -0.3 is 14.4 Å². The molecule has 0 saturated carbocycles. The number of imidazole rings is 1. The van der Waals surface area contributed by atoms with Crippen molar-refractivity contribution >= 4 is 68.3 Å². The molecule has 0 radical (unpaired) electrons. The van der Waals surface area contributed by atoms with Crippen LogP contribution in [0.2, 0.25) is 5.22 Å². The molecule has 9 heteroatoms. The van der Waals surface area contributed by atoms with Crippen LogP contribution in [0.5, 0.6) is 0 Å². The van der Waals surface area contributed by atoms with Crippen molar-refractivity contribution in [3.05, 3.63) is 56.5 Å². The number of furan rings is 1. The lowest BCUT2D eigenvalue weighted by Gasteiger charge is -2.18. The van der Waals surface area contributed by atoms with Crippen molar-refractivity contribution in [1.29, 1.82) is 0 Å². The van der Waals surface area contributed by atoms with Crippen LogP contribution < -0.4 is 4.90 Å². The fourth-order valence-corrected chi connectivity index (χ4v) is 4.79. The third kappa shape index (κ3) is 3.97. The van der Waals surface area contributed by atoms with Gasteiger partial charge in [0.2, 0.25) is 5.71 Å². The molecule has 0 bridgehead atoms. The molecular weight excluding hydrogens is 478 g/mol. The summed E-state index contributed by atoms with van der Waals surface area (Å²) in [5, 5.41) is 10.6. The molecule has 0 fully saturated rings. The molecule has 1 aromatic carbocycles. The lowest BCUT2D eigenvalue weighted by molar-refractivity contribution is -0.135. The molecule has 2 aromatic heterocycles. The van der Waals surface area contributed by atoms with E-state index in [1.165, 1.54) is 0 Å². The van der Waals surface area contributed by atoms with Gasteiger partial charge in [0.05, 0.1) is 10.7 Å². The van der Waals surface area contributed by atoms with Gasteiger partial charge in [0.1, 0.15) is 17.9 Å². The van der Waals surface area contributed by atoms with Crippen LogP contribution >= 0.6 is 39.3 Å². The van der Waals surface area contributed by atoms with Gasteiger partial charge in [0, 0.05) is 22.5 Å². The van der Waals surface area contributed by atoms with Crippen LogP contribution in [0.3, 0.4) is 0 Å². The molecule has 3 aromatic rings. The van der Waals surface area contributed by atoms with Gasteiger partial charge in [-0.1, -0.05) is 34.6 Å². The predicted molar refractivity (Wildman–Crippen MR) is 119 cm³/mol. The number of hydrogen-bond donors (Lipinski definition) is 1. The van der Waals surface area contributed by atoms with Crippen molar-refractivity contribution in [2.75, 3.05) is 11.4 Å². The lowest BCUT2D eigenvalue weighted by Crippen LogP contribution is -2.25. The maximum atomic E-state index is 11.4. The molecule has 3 heterocycles. The smallest absolute Gasteiger partial charge is 0.323 e. The zero-order valence-electron chi connectivity index (χ0n) is 15.6. The number of aryl methyl sites for hydroxylation is 1. The van der Waals surface area contributed by atoms with E-state index in [-0.39, 0.29) is 6.54 Å². The van der Waals surface area contributed by atoms with Gasteiger partial charge in [-0.15, -0.1) is 0 Å². The summed E-state index contributed by atoms with van der Waals surface area (Å²) in [6.45, 7) is 1.95. The van der Waals surface area contributed by atoms with Crippen molar-refractivity contribution in [3.63, 3.8) is 0 Å². The Bertz CT molecular complexity index is 1180. The summed E-state index contributed by atoms with van der Waals surface area (Å²) in [5.41, 5.74) is 3.23. The molecular formula is C20H17BrClN3O3S. The number of nitrogens with zero attached hydrogens (tertiary/aromatic N) is 3. The van der Waals surface area contributed by atoms with Gasteiger partial charge in [-0.25, -0.2) is 4.98 Å². The molecule has 1 aliphatic rings. The zero-order chi connectivity index (χ0) is 20.7. The first-order chi connectivity index (χ1) is 13.9. The minimum atomic E-state index is -0.882. The minimum absolute atomic E-state index is 0.104. The number of halogens is 2. The molecule has 0 amide bonds. The first kappa shape index (κ1) is 20.1. The standard InChI is InChI=1S/C20H17BrClN3O3S/c1-3-11(6-17-23-13-9-16(22)28-20(13)24(17)2)7-18-25(10-19(26)27)14-8-12(21)4-5-15(14)29-18/h4-9H,3,10H2,1-2H3,(H,26,27)/b11-6+,18-7?. The summed E-state index contributed by atoms with van der Waals surface area (Å²) in [4.78, 5) is 18.9. The van der Waals surface area contributed by atoms with Crippen molar-refractivity contribution in [1.82, 2.24) is 9.55 Å². The Labute approximate surface area is 185 Å². The number of aliphatic carboxylic acids is 1. The molecule has 6 nitrogen and oxygen atoms in total. The highest BCUT2D eigenvalue weighted by molar-refractivity contribution is 9.10. The van der Waals surface area contributed by atoms with Gasteiger partial charge >= 0.3 is 5.97 Å². The van der Waals surface area contributed by atoms with Gasteiger partial charge in [-0.2, -0.15) is 0 Å². The highest BCUT2D eigenvalue weighted by atomic mass is 79.9. The van der Waals surface area contributed by atoms with Gasteiger partial charge in [-0.05, 0) is 53.9 Å². The number of hydrogen-bond acceptors (Lipinski definition) is 5. The third-order valence-electron chi connectivity index (χ3n) is 4.56. The fraction of sp³-hybridized carbons (Fsp3) is 0.200. The van der Waals surface area contributed by atoms with Crippen molar-refractivity contribution < 1.29 is 14.3 Å². The Kier molecular flexibility index (Phi) is 5.50. The number of carbonyl (C=O) groups is 1. The second-order valence-corrected chi connectivity index (χ2v) is 8.87. The molecule has 1 N–H and O–H groups in total. The van der Waals surface area contributed by atoms with Gasteiger partial charge in [0.25, 0.3) is 0 Å². The summed E-state index contributed by atoms with van der Waals surface area (Å²) in [7, 11) is 1.87. The molecule has 150 valence electrons. The SMILES string of the molecule is CC/C(C=C1Sc2ccc(Br)cc2N1CC(=O)O)=C\c1nc2cc(Cl)oc2n1C. The number of anilines is 1. The van der Waals surface area contributed by atoms with Crippen LogP contribution in [0, 0.1) is 0 Å². The highest BCUT2D eigenvalue weighted by Crippen LogP contribution is 2.47. The number of rotatable bonds is 5. The first-order valence-electron chi connectivity index (χ1n) is 8.86. The second kappa shape index (κ2) is 7.93. The van der Waals surface area contributed by atoms with E-state index in [0.717, 1.165) is 37.9 Å². The van der Waals surface area contributed by atoms with E-state index >= 15 is 0 Å². The number of carboxylic acids is 1. The molecule has 0 spiro atoms. The van der Waals surface area contributed by atoms with Crippen LogP contribution in [0.4, 0.5) is 5.69 Å². The van der Waals surface area contributed by atoms with E-state index in [9.17, 15) is 9.90 Å². The normalized spacial score (nSPS) is 15.5. The molecule has 0 atom stereocenters. The number of aromatic nitrogens is 2. The fourth-order valence-electron chi connectivity index (χ4n) is 3.15. The number of fused-ring (bicyclic) bond motifs is 2. The van der Waals surface area contributed by atoms with E-state index in [1.54, 1.807) is 17.8 Å². The Morgan fingerprint density at radius 2 is 2.21 bits per heavy atom. The number of thioether (sulfide) groups is 1. The Morgan fingerprint density at radius 1 is 1.41 bits per heavy atom. The molecule has 0 saturated heterocycles. The van der Waals surface area contributed by atoms with E-state index in [0.29, 0.717) is 16.4 Å². The molecule has 1 aliphatic heterocycles. The lowest BCUT2D eigenvalue weighted by atomic mass is 10.2. The quantitative estimate of drug-likeness (QED) is 0.475. The third-order valence-corrected chi connectivity index (χ3v) is 6.36. The van der Waals surface area contributed by atoms with Gasteiger partial charge in [-0.3, -0.25) is 9.36 Å². The van der Waals surface area contributed by atoms with E-state index < -0.39 is 5.97 Å². The summed E-state index contributed by atoms with van der Waals surface area (Å²) >= 11 is 10.9. The van der Waals surface area contributed by atoms with E-state index in [1.807, 2.05) is 46.9 Å². The summed E-state index contributed by atoms with van der Waals surface area (Å²) in [5.74, 6) is -0.134. The van der Waals surface area contributed by atoms with Crippen molar-refractivity contribution in [3.8, 4) is 0 Å². The second-order valence-electron chi connectivity index (χ2n) is 6.52. The number of carboxylic acid groups (broad SMARTS) is 1. The summed E-state index contributed by atoms with van der Waals surface area (Å²) in [6.07, 6.45) is 4.76. The maximum Gasteiger partial charge on any atom is 0.323 e. The van der Waals surface area contributed by atoms with E-state index in [4.69, 9.17) is 16.0 Å². The minimum Gasteiger partial charge on any atom is -0.480 e. The Hall–Kier alpha value is -2.16. The predicted octanol–water partition coefficient (Wildman–Crippen LogP) is 5.91. The Balaban J connectivity index is 1.73. The average molecular weight is 495 g/mol. The average Bonchev–Trinajstić information content (AvgIpc) is 3.27. The largest absolute Gasteiger partial charge is 0.480 e. The molecule has 4 rings (SSSR count).